The highest BCUT2D eigenvalue weighted by Crippen LogP contribution is 2.08. The van der Waals surface area contributed by atoms with Gasteiger partial charge in [-0.3, -0.25) is 0 Å². The molecular weight excluding hydrogens is 216 g/mol. The second-order valence-corrected chi connectivity index (χ2v) is 5.69. The standard InChI is InChI=1S/C13H28N2S/c1-16-13-7-4-8-14-9-12-15-10-5-2-3-6-11-15/h14H,2-13H2,1H3. The van der Waals surface area contributed by atoms with Gasteiger partial charge in [-0.2, -0.15) is 11.8 Å². The highest BCUT2D eigenvalue weighted by Gasteiger charge is 2.07. The molecule has 1 rings (SSSR count). The van der Waals surface area contributed by atoms with E-state index in [0.29, 0.717) is 0 Å². The van der Waals surface area contributed by atoms with E-state index < -0.39 is 0 Å². The summed E-state index contributed by atoms with van der Waals surface area (Å²) in [7, 11) is 0. The molecule has 1 aliphatic rings. The molecule has 0 aliphatic carbocycles. The van der Waals surface area contributed by atoms with E-state index >= 15 is 0 Å². The van der Waals surface area contributed by atoms with Crippen LogP contribution in [0, 0.1) is 0 Å². The molecule has 2 nitrogen and oxygen atoms in total. The lowest BCUT2D eigenvalue weighted by molar-refractivity contribution is 0.284. The lowest BCUT2D eigenvalue weighted by Crippen LogP contribution is -2.33. The molecule has 0 radical (unpaired) electrons. The second kappa shape index (κ2) is 10.4. The topological polar surface area (TPSA) is 15.3 Å². The fraction of sp³-hybridized carbons (Fsp3) is 1.00. The molecule has 0 spiro atoms. The Hall–Kier alpha value is 0.270. The van der Waals surface area contributed by atoms with Gasteiger partial charge in [0, 0.05) is 13.1 Å². The van der Waals surface area contributed by atoms with Crippen molar-refractivity contribution >= 4 is 11.8 Å². The fourth-order valence-electron chi connectivity index (χ4n) is 2.22. The van der Waals surface area contributed by atoms with Crippen molar-refractivity contribution in [3.05, 3.63) is 0 Å². The summed E-state index contributed by atoms with van der Waals surface area (Å²) >= 11 is 1.95. The van der Waals surface area contributed by atoms with E-state index in [4.69, 9.17) is 0 Å². The number of hydrogen-bond acceptors (Lipinski definition) is 3. The van der Waals surface area contributed by atoms with Crippen molar-refractivity contribution in [1.82, 2.24) is 10.2 Å². The number of thioether (sulfide) groups is 1. The molecule has 0 unspecified atom stereocenters. The van der Waals surface area contributed by atoms with E-state index in [2.05, 4.69) is 16.5 Å². The van der Waals surface area contributed by atoms with E-state index in [0.717, 1.165) is 0 Å². The van der Waals surface area contributed by atoms with Crippen molar-refractivity contribution in [3.63, 3.8) is 0 Å². The molecule has 1 fully saturated rings. The molecule has 0 bridgehead atoms. The van der Waals surface area contributed by atoms with Gasteiger partial charge in [0.2, 0.25) is 0 Å². The predicted molar refractivity (Wildman–Crippen MR) is 75.4 cm³/mol. The smallest absolute Gasteiger partial charge is 0.0107 e. The van der Waals surface area contributed by atoms with Crippen molar-refractivity contribution in [2.45, 2.75) is 38.5 Å². The molecule has 0 aromatic rings. The van der Waals surface area contributed by atoms with Gasteiger partial charge in [0.05, 0.1) is 0 Å². The number of likely N-dealkylation sites (tertiary alicyclic amines) is 1. The van der Waals surface area contributed by atoms with Gasteiger partial charge in [-0.25, -0.2) is 0 Å². The largest absolute Gasteiger partial charge is 0.315 e. The van der Waals surface area contributed by atoms with Gasteiger partial charge in [0.15, 0.2) is 0 Å². The zero-order valence-electron chi connectivity index (χ0n) is 10.8. The minimum absolute atomic E-state index is 1.18. The molecule has 0 saturated carbocycles. The molecular formula is C13H28N2S. The monoisotopic (exact) mass is 244 g/mol. The molecule has 16 heavy (non-hydrogen) atoms. The van der Waals surface area contributed by atoms with Crippen LogP contribution in [0.5, 0.6) is 0 Å². The summed E-state index contributed by atoms with van der Waals surface area (Å²) in [5, 5.41) is 3.56. The Kier molecular flexibility index (Phi) is 9.34. The quantitative estimate of drug-likeness (QED) is 0.661. The molecule has 1 saturated heterocycles. The maximum atomic E-state index is 3.56. The summed E-state index contributed by atoms with van der Waals surface area (Å²) in [6, 6.07) is 0. The molecule has 3 heteroatoms. The minimum atomic E-state index is 1.18. The predicted octanol–water partition coefficient (Wildman–Crippen LogP) is 2.60. The van der Waals surface area contributed by atoms with Gasteiger partial charge in [0.1, 0.15) is 0 Å². The Morgan fingerprint density at radius 3 is 2.44 bits per heavy atom. The molecule has 96 valence electrons. The number of rotatable bonds is 8. The maximum absolute atomic E-state index is 3.56. The van der Waals surface area contributed by atoms with Crippen LogP contribution < -0.4 is 5.32 Å². The van der Waals surface area contributed by atoms with Crippen molar-refractivity contribution in [1.29, 1.82) is 0 Å². The van der Waals surface area contributed by atoms with Crippen molar-refractivity contribution < 1.29 is 0 Å². The highest BCUT2D eigenvalue weighted by molar-refractivity contribution is 7.98. The fourth-order valence-corrected chi connectivity index (χ4v) is 2.71. The normalized spacial score (nSPS) is 18.6. The molecule has 0 atom stereocenters. The summed E-state index contributed by atoms with van der Waals surface area (Å²) in [4.78, 5) is 2.63. The SMILES string of the molecule is CSCCCCNCCN1CCCCCC1. The first-order valence-electron chi connectivity index (χ1n) is 6.85. The average Bonchev–Trinajstić information content (AvgIpc) is 2.56. The number of hydrogen-bond donors (Lipinski definition) is 1. The molecule has 1 heterocycles. The summed E-state index contributed by atoms with van der Waals surface area (Å²) < 4.78 is 0. The van der Waals surface area contributed by atoms with E-state index in [1.807, 2.05) is 11.8 Å². The molecule has 1 aliphatic heterocycles. The van der Waals surface area contributed by atoms with Crippen LogP contribution in [0.25, 0.3) is 0 Å². The first-order valence-corrected chi connectivity index (χ1v) is 8.25. The van der Waals surface area contributed by atoms with Gasteiger partial charge >= 0.3 is 0 Å². The summed E-state index contributed by atoms with van der Waals surface area (Å²) in [5.74, 6) is 1.31. The molecule has 0 aromatic heterocycles. The summed E-state index contributed by atoms with van der Waals surface area (Å²) in [6.07, 6.45) is 10.6. The zero-order chi connectivity index (χ0) is 11.5. The number of unbranched alkanes of at least 4 members (excludes halogenated alkanes) is 1. The average molecular weight is 244 g/mol. The molecule has 1 N–H and O–H groups in total. The van der Waals surface area contributed by atoms with E-state index in [-0.39, 0.29) is 0 Å². The lowest BCUT2D eigenvalue weighted by atomic mass is 10.2. The van der Waals surface area contributed by atoms with Crippen LogP contribution in [0.15, 0.2) is 0 Å². The van der Waals surface area contributed by atoms with Crippen LogP contribution in [-0.4, -0.2) is 49.6 Å². The maximum Gasteiger partial charge on any atom is 0.0107 e. The number of nitrogens with zero attached hydrogens (tertiary/aromatic N) is 1. The van der Waals surface area contributed by atoms with Gasteiger partial charge in [0.25, 0.3) is 0 Å². The van der Waals surface area contributed by atoms with Gasteiger partial charge in [-0.05, 0) is 57.3 Å². The van der Waals surface area contributed by atoms with Crippen LogP contribution >= 0.6 is 11.8 Å². The van der Waals surface area contributed by atoms with E-state index in [9.17, 15) is 0 Å². The van der Waals surface area contributed by atoms with Crippen molar-refractivity contribution in [2.24, 2.45) is 0 Å². The first kappa shape index (κ1) is 14.3. The summed E-state index contributed by atoms with van der Waals surface area (Å²) in [5.41, 5.74) is 0. The van der Waals surface area contributed by atoms with Gasteiger partial charge < -0.3 is 10.2 Å². The molecule has 0 aromatic carbocycles. The van der Waals surface area contributed by atoms with E-state index in [1.165, 1.54) is 77.0 Å². The Morgan fingerprint density at radius 1 is 1.00 bits per heavy atom. The third-order valence-corrected chi connectivity index (χ3v) is 3.95. The van der Waals surface area contributed by atoms with Crippen LogP contribution in [0.3, 0.4) is 0 Å². The van der Waals surface area contributed by atoms with Gasteiger partial charge in [-0.1, -0.05) is 12.8 Å². The molecule has 0 amide bonds. The Morgan fingerprint density at radius 2 is 1.75 bits per heavy atom. The highest BCUT2D eigenvalue weighted by atomic mass is 32.2. The Bertz CT molecular complexity index is 145. The van der Waals surface area contributed by atoms with Gasteiger partial charge in [-0.15, -0.1) is 0 Å². The third kappa shape index (κ3) is 7.53. The van der Waals surface area contributed by atoms with Crippen LogP contribution in [0.1, 0.15) is 38.5 Å². The van der Waals surface area contributed by atoms with Crippen molar-refractivity contribution in [2.75, 3.05) is 44.7 Å². The van der Waals surface area contributed by atoms with Crippen LogP contribution in [0.4, 0.5) is 0 Å². The lowest BCUT2D eigenvalue weighted by Gasteiger charge is -2.19. The van der Waals surface area contributed by atoms with Crippen LogP contribution in [-0.2, 0) is 0 Å². The second-order valence-electron chi connectivity index (χ2n) is 4.71. The third-order valence-electron chi connectivity index (χ3n) is 3.26. The minimum Gasteiger partial charge on any atom is -0.315 e. The number of nitrogens with one attached hydrogen (secondary N) is 1. The summed E-state index contributed by atoms with van der Waals surface area (Å²) in [6.45, 7) is 6.29. The Balaban J connectivity index is 1.86. The van der Waals surface area contributed by atoms with E-state index in [1.54, 1.807) is 0 Å². The first-order chi connectivity index (χ1) is 7.93. The van der Waals surface area contributed by atoms with Crippen LogP contribution in [0.2, 0.25) is 0 Å². The zero-order valence-corrected chi connectivity index (χ0v) is 11.7. The Labute approximate surface area is 106 Å². The van der Waals surface area contributed by atoms with Crippen molar-refractivity contribution in [3.8, 4) is 0 Å².